The van der Waals surface area contributed by atoms with Gasteiger partial charge in [-0.15, -0.1) is 0 Å². The number of amides is 1. The fourth-order valence-corrected chi connectivity index (χ4v) is 2.60. The Morgan fingerprint density at radius 3 is 2.46 bits per heavy atom. The highest BCUT2D eigenvalue weighted by Crippen LogP contribution is 2.19. The van der Waals surface area contributed by atoms with E-state index in [4.69, 9.17) is 9.47 Å². The Morgan fingerprint density at radius 1 is 1.08 bits per heavy atom. The topological polar surface area (TPSA) is 47.6 Å². The summed E-state index contributed by atoms with van der Waals surface area (Å²) in [6.07, 6.45) is 1.10. The average Bonchev–Trinajstić information content (AvgIpc) is 2.66. The number of aryl methyl sites for hydroxylation is 3. The zero-order valence-electron chi connectivity index (χ0n) is 16.2. The van der Waals surface area contributed by atoms with Crippen molar-refractivity contribution in [2.24, 2.45) is 0 Å². The molecule has 2 rings (SSSR count). The molecule has 1 atom stereocenters. The summed E-state index contributed by atoms with van der Waals surface area (Å²) in [5.74, 6) is 1.46. The molecule has 0 fully saturated rings. The van der Waals surface area contributed by atoms with Crippen molar-refractivity contribution < 1.29 is 14.3 Å². The smallest absolute Gasteiger partial charge is 0.261 e. The number of hydrogen-bond donors (Lipinski definition) is 1. The van der Waals surface area contributed by atoms with E-state index in [-0.39, 0.29) is 5.91 Å². The van der Waals surface area contributed by atoms with E-state index >= 15 is 0 Å². The third kappa shape index (κ3) is 5.80. The monoisotopic (exact) mass is 355 g/mol. The molecule has 1 amide bonds. The summed E-state index contributed by atoms with van der Waals surface area (Å²) in [5, 5.41) is 2.89. The first kappa shape index (κ1) is 19.8. The summed E-state index contributed by atoms with van der Waals surface area (Å²) in [5.41, 5.74) is 3.49. The second kappa shape index (κ2) is 9.85. The quantitative estimate of drug-likeness (QED) is 0.685. The lowest BCUT2D eigenvalue weighted by Crippen LogP contribution is -2.39. The lowest BCUT2D eigenvalue weighted by molar-refractivity contribution is -0.128. The zero-order chi connectivity index (χ0) is 18.9. The second-order valence-electron chi connectivity index (χ2n) is 6.42. The largest absolute Gasteiger partial charge is 0.491 e. The van der Waals surface area contributed by atoms with Gasteiger partial charge < -0.3 is 14.8 Å². The summed E-state index contributed by atoms with van der Waals surface area (Å²) in [4.78, 5) is 12.3. The number of ether oxygens (including phenoxy) is 2. The highest BCUT2D eigenvalue weighted by molar-refractivity contribution is 5.81. The van der Waals surface area contributed by atoms with Crippen molar-refractivity contribution in [3.8, 4) is 11.5 Å². The zero-order valence-corrected chi connectivity index (χ0v) is 16.2. The standard InChI is InChI=1S/C22H29NO3/c1-5-18-9-11-19(12-10-18)26-20(6-2)22(24)23-13-14-25-21-15-16(3)7-8-17(21)4/h7-12,15,20H,5-6,13-14H2,1-4H3,(H,23,24)/t20-/m0/s1. The Balaban J connectivity index is 1.80. The number of nitrogens with one attached hydrogen (secondary N) is 1. The summed E-state index contributed by atoms with van der Waals surface area (Å²) >= 11 is 0. The van der Waals surface area contributed by atoms with Crippen LogP contribution in [0.4, 0.5) is 0 Å². The predicted octanol–water partition coefficient (Wildman–Crippen LogP) is 4.22. The number of carbonyl (C=O) groups excluding carboxylic acids is 1. The van der Waals surface area contributed by atoms with Gasteiger partial charge >= 0.3 is 0 Å². The maximum Gasteiger partial charge on any atom is 0.261 e. The van der Waals surface area contributed by atoms with Gasteiger partial charge in [-0.25, -0.2) is 0 Å². The minimum atomic E-state index is -0.497. The molecule has 0 spiro atoms. The van der Waals surface area contributed by atoms with Gasteiger partial charge in [-0.05, 0) is 61.6 Å². The molecule has 0 radical (unpaired) electrons. The van der Waals surface area contributed by atoms with Crippen LogP contribution in [0, 0.1) is 13.8 Å². The van der Waals surface area contributed by atoms with E-state index in [1.165, 1.54) is 5.56 Å². The van der Waals surface area contributed by atoms with E-state index < -0.39 is 6.10 Å². The summed E-state index contributed by atoms with van der Waals surface area (Å²) in [7, 11) is 0. The minimum absolute atomic E-state index is 0.114. The first-order chi connectivity index (χ1) is 12.5. The van der Waals surface area contributed by atoms with Gasteiger partial charge in [0.25, 0.3) is 5.91 Å². The first-order valence-electron chi connectivity index (χ1n) is 9.26. The van der Waals surface area contributed by atoms with Gasteiger partial charge in [-0.1, -0.05) is 38.1 Å². The highest BCUT2D eigenvalue weighted by Gasteiger charge is 2.17. The Kier molecular flexibility index (Phi) is 7.52. The molecule has 4 heteroatoms. The molecule has 0 unspecified atom stereocenters. The molecule has 2 aromatic carbocycles. The molecule has 0 bridgehead atoms. The molecule has 0 heterocycles. The summed E-state index contributed by atoms with van der Waals surface area (Å²) in [6.45, 7) is 8.97. The maximum absolute atomic E-state index is 12.3. The van der Waals surface area contributed by atoms with Crippen LogP contribution in [0.3, 0.4) is 0 Å². The van der Waals surface area contributed by atoms with Crippen LogP contribution in [0.2, 0.25) is 0 Å². The SMILES string of the molecule is CCc1ccc(O[C@@H](CC)C(=O)NCCOc2cc(C)ccc2C)cc1. The van der Waals surface area contributed by atoms with Crippen molar-refractivity contribution in [1.29, 1.82) is 0 Å². The van der Waals surface area contributed by atoms with Crippen LogP contribution in [0.1, 0.15) is 37.0 Å². The summed E-state index contributed by atoms with van der Waals surface area (Å²) in [6, 6.07) is 14.0. The summed E-state index contributed by atoms with van der Waals surface area (Å²) < 4.78 is 11.6. The number of benzene rings is 2. The van der Waals surface area contributed by atoms with Gasteiger partial charge in [0.05, 0.1) is 6.54 Å². The Hall–Kier alpha value is -2.49. The van der Waals surface area contributed by atoms with Gasteiger partial charge in [-0.2, -0.15) is 0 Å². The Labute approximate surface area is 156 Å². The van der Waals surface area contributed by atoms with E-state index in [1.54, 1.807) is 0 Å². The van der Waals surface area contributed by atoms with Crippen LogP contribution in [0.5, 0.6) is 11.5 Å². The van der Waals surface area contributed by atoms with Gasteiger partial charge in [-0.3, -0.25) is 4.79 Å². The molecule has 0 aliphatic heterocycles. The van der Waals surface area contributed by atoms with Crippen LogP contribution >= 0.6 is 0 Å². The molecular weight excluding hydrogens is 326 g/mol. The average molecular weight is 355 g/mol. The molecule has 2 aromatic rings. The van der Waals surface area contributed by atoms with Crippen molar-refractivity contribution in [3.63, 3.8) is 0 Å². The molecule has 1 N–H and O–H groups in total. The van der Waals surface area contributed by atoms with E-state index in [2.05, 4.69) is 18.3 Å². The molecule has 26 heavy (non-hydrogen) atoms. The van der Waals surface area contributed by atoms with Crippen LogP contribution in [0.25, 0.3) is 0 Å². The van der Waals surface area contributed by atoms with Crippen molar-refractivity contribution in [2.45, 2.75) is 46.6 Å². The molecular formula is C22H29NO3. The Morgan fingerprint density at radius 2 is 1.81 bits per heavy atom. The van der Waals surface area contributed by atoms with Crippen molar-refractivity contribution in [1.82, 2.24) is 5.32 Å². The number of hydrogen-bond acceptors (Lipinski definition) is 3. The van der Waals surface area contributed by atoms with Crippen molar-refractivity contribution in [3.05, 3.63) is 59.2 Å². The van der Waals surface area contributed by atoms with Crippen LogP contribution < -0.4 is 14.8 Å². The molecule has 140 valence electrons. The number of rotatable bonds is 9. The molecule has 4 nitrogen and oxygen atoms in total. The van der Waals surface area contributed by atoms with Gasteiger partial charge in [0.1, 0.15) is 18.1 Å². The molecule has 0 saturated heterocycles. The third-order valence-corrected chi connectivity index (χ3v) is 4.28. The number of carbonyl (C=O) groups is 1. The van der Waals surface area contributed by atoms with Gasteiger partial charge in [0.15, 0.2) is 6.10 Å². The highest BCUT2D eigenvalue weighted by atomic mass is 16.5. The van der Waals surface area contributed by atoms with Crippen molar-refractivity contribution in [2.75, 3.05) is 13.2 Å². The van der Waals surface area contributed by atoms with Gasteiger partial charge in [0, 0.05) is 0 Å². The van der Waals surface area contributed by atoms with Crippen LogP contribution in [-0.2, 0) is 11.2 Å². The van der Waals surface area contributed by atoms with E-state index in [0.29, 0.717) is 19.6 Å². The van der Waals surface area contributed by atoms with E-state index in [9.17, 15) is 4.79 Å². The van der Waals surface area contributed by atoms with Crippen LogP contribution in [-0.4, -0.2) is 25.2 Å². The minimum Gasteiger partial charge on any atom is -0.491 e. The van der Waals surface area contributed by atoms with Crippen molar-refractivity contribution >= 4 is 5.91 Å². The van der Waals surface area contributed by atoms with Gasteiger partial charge in [0.2, 0.25) is 0 Å². The maximum atomic E-state index is 12.3. The van der Waals surface area contributed by atoms with Crippen LogP contribution in [0.15, 0.2) is 42.5 Å². The predicted molar refractivity (Wildman–Crippen MR) is 105 cm³/mol. The molecule has 0 aliphatic rings. The third-order valence-electron chi connectivity index (χ3n) is 4.28. The fourth-order valence-electron chi connectivity index (χ4n) is 2.60. The Bertz CT molecular complexity index is 710. The van der Waals surface area contributed by atoms with E-state index in [0.717, 1.165) is 29.0 Å². The molecule has 0 saturated carbocycles. The fraction of sp³-hybridized carbons (Fsp3) is 0.409. The first-order valence-corrected chi connectivity index (χ1v) is 9.26. The molecule has 0 aromatic heterocycles. The normalized spacial score (nSPS) is 11.7. The second-order valence-corrected chi connectivity index (χ2v) is 6.42. The molecule has 0 aliphatic carbocycles. The van der Waals surface area contributed by atoms with E-state index in [1.807, 2.05) is 57.2 Å². The lowest BCUT2D eigenvalue weighted by atomic mass is 10.1. The lowest BCUT2D eigenvalue weighted by Gasteiger charge is -2.18.